The maximum absolute atomic E-state index is 12.2. The van der Waals surface area contributed by atoms with E-state index in [0.717, 1.165) is 12.8 Å². The Bertz CT molecular complexity index is 1200. The van der Waals surface area contributed by atoms with E-state index in [1.165, 1.54) is 10.9 Å². The molecule has 4 heterocycles. The largest absolute Gasteiger partial charge is 0.447 e. The second kappa shape index (κ2) is 11.3. The Morgan fingerprint density at radius 2 is 2.00 bits per heavy atom. The van der Waals surface area contributed by atoms with Crippen molar-refractivity contribution < 1.29 is 29.3 Å². The summed E-state index contributed by atoms with van der Waals surface area (Å²) < 4.78 is 12.3. The Labute approximate surface area is 214 Å². The number of rotatable bonds is 5. The predicted octanol–water partition coefficient (Wildman–Crippen LogP) is 0.162. The first-order valence-corrected chi connectivity index (χ1v) is 12.4. The number of nitrogens with one attached hydrogen (secondary N) is 1. The molecule has 2 aromatic rings. The quantitative estimate of drug-likeness (QED) is 0.401. The molecule has 2 aliphatic heterocycles. The van der Waals surface area contributed by atoms with Gasteiger partial charge in [-0.3, -0.25) is 9.36 Å². The van der Waals surface area contributed by atoms with Crippen LogP contribution in [0.2, 0.25) is 0 Å². The molecule has 0 saturated carbocycles. The fourth-order valence-electron chi connectivity index (χ4n) is 4.43. The van der Waals surface area contributed by atoms with E-state index in [1.807, 2.05) is 13.8 Å². The third-order valence-electron chi connectivity index (χ3n) is 6.37. The van der Waals surface area contributed by atoms with Crippen LogP contribution in [0.1, 0.15) is 52.1 Å². The van der Waals surface area contributed by atoms with Gasteiger partial charge in [0.05, 0.1) is 12.4 Å². The minimum absolute atomic E-state index is 0.110. The smallest absolute Gasteiger partial charge is 0.410 e. The molecule has 4 rings (SSSR count). The van der Waals surface area contributed by atoms with Crippen LogP contribution in [-0.4, -0.2) is 90.7 Å². The van der Waals surface area contributed by atoms with Gasteiger partial charge in [0.25, 0.3) is 5.91 Å². The molecule has 2 amide bonds. The maximum Gasteiger partial charge on any atom is 0.410 e. The summed E-state index contributed by atoms with van der Waals surface area (Å²) in [7, 11) is 0. The minimum atomic E-state index is -1.42. The van der Waals surface area contributed by atoms with Gasteiger partial charge in [0.1, 0.15) is 17.7 Å². The van der Waals surface area contributed by atoms with Crippen LogP contribution in [0.25, 0.3) is 11.2 Å². The normalized spacial score (nSPS) is 24.2. The van der Waals surface area contributed by atoms with E-state index < -0.39 is 30.4 Å². The van der Waals surface area contributed by atoms with Crippen LogP contribution in [0.4, 0.5) is 10.6 Å². The van der Waals surface area contributed by atoms with Crippen molar-refractivity contribution in [3.05, 3.63) is 12.2 Å². The van der Waals surface area contributed by atoms with Gasteiger partial charge in [-0.25, -0.2) is 19.7 Å². The molecule has 0 radical (unpaired) electrons. The fraction of sp³-hybridized carbons (Fsp3) is 0.625. The van der Waals surface area contributed by atoms with Crippen LogP contribution in [0.5, 0.6) is 0 Å². The third kappa shape index (κ3) is 5.76. The Morgan fingerprint density at radius 3 is 2.68 bits per heavy atom. The molecule has 13 heteroatoms. The number of aromatic nitrogens is 4. The molecule has 2 aromatic heterocycles. The van der Waals surface area contributed by atoms with Crippen LogP contribution < -0.4 is 11.1 Å². The van der Waals surface area contributed by atoms with Gasteiger partial charge in [-0.15, -0.1) is 0 Å². The summed E-state index contributed by atoms with van der Waals surface area (Å²) in [5.74, 6) is 6.14. The zero-order chi connectivity index (χ0) is 26.7. The zero-order valence-corrected chi connectivity index (χ0v) is 21.1. The summed E-state index contributed by atoms with van der Waals surface area (Å²) in [4.78, 5) is 38.9. The Balaban J connectivity index is 1.45. The number of nitrogen functional groups attached to an aromatic ring is 1. The maximum atomic E-state index is 12.2. The average Bonchev–Trinajstić information content (AvgIpc) is 3.40. The number of hydrogen-bond donors (Lipinski definition) is 4. The lowest BCUT2D eigenvalue weighted by atomic mass is 9.94. The summed E-state index contributed by atoms with van der Waals surface area (Å²) in [5, 5.41) is 23.5. The monoisotopic (exact) mass is 515 g/mol. The van der Waals surface area contributed by atoms with Gasteiger partial charge in [-0.05, 0) is 45.5 Å². The number of carbonyl (C=O) groups excluding carboxylic acids is 2. The Hall–Kier alpha value is -3.47. The number of piperidine rings is 1. The minimum Gasteiger partial charge on any atom is -0.447 e. The summed E-state index contributed by atoms with van der Waals surface area (Å²) in [6.45, 7) is 7.00. The molecule has 2 aliphatic rings. The van der Waals surface area contributed by atoms with E-state index in [0.29, 0.717) is 32.0 Å². The lowest BCUT2D eigenvalue weighted by Crippen LogP contribution is -2.42. The first kappa shape index (κ1) is 26.6. The molecule has 5 N–H and O–H groups in total. The third-order valence-corrected chi connectivity index (χ3v) is 6.37. The number of amides is 2. The number of likely N-dealkylation sites (N-methyl/N-ethyl adjacent to an activating group) is 1. The van der Waals surface area contributed by atoms with Gasteiger partial charge in [0.15, 0.2) is 23.8 Å². The van der Waals surface area contributed by atoms with Gasteiger partial charge >= 0.3 is 6.09 Å². The molecule has 3 unspecified atom stereocenters. The van der Waals surface area contributed by atoms with Crippen molar-refractivity contribution in [3.8, 4) is 11.8 Å². The SMILES string of the molecule is CCNC(=O)C1O[C@H](n2cnc3c(N)nc(C#CCC4CCN(C(=O)OC(C)C)CC4)nc32)C(O)C1O. The van der Waals surface area contributed by atoms with E-state index in [2.05, 4.69) is 32.1 Å². The van der Waals surface area contributed by atoms with Gasteiger partial charge in [-0.2, -0.15) is 0 Å². The van der Waals surface area contributed by atoms with Crippen molar-refractivity contribution in [1.82, 2.24) is 29.7 Å². The number of nitrogens with zero attached hydrogens (tertiary/aromatic N) is 5. The molecule has 2 saturated heterocycles. The number of carbonyl (C=O) groups is 2. The highest BCUT2D eigenvalue weighted by Crippen LogP contribution is 2.32. The van der Waals surface area contributed by atoms with Crippen molar-refractivity contribution >= 4 is 29.0 Å². The van der Waals surface area contributed by atoms with Gasteiger partial charge in [0, 0.05) is 26.1 Å². The second-order valence-electron chi connectivity index (χ2n) is 9.45. The number of ether oxygens (including phenoxy) is 2. The lowest BCUT2D eigenvalue weighted by Gasteiger charge is -2.31. The highest BCUT2D eigenvalue weighted by atomic mass is 16.6. The number of likely N-dealkylation sites (tertiary alicyclic amines) is 1. The molecule has 0 spiro atoms. The first-order chi connectivity index (χ1) is 17.7. The zero-order valence-electron chi connectivity index (χ0n) is 21.1. The van der Waals surface area contributed by atoms with E-state index in [-0.39, 0.29) is 35.0 Å². The molecule has 4 atom stereocenters. The van der Waals surface area contributed by atoms with Crippen LogP contribution in [0.3, 0.4) is 0 Å². The molecule has 13 nitrogen and oxygen atoms in total. The molecular weight excluding hydrogens is 482 g/mol. The molecule has 37 heavy (non-hydrogen) atoms. The molecule has 0 bridgehead atoms. The highest BCUT2D eigenvalue weighted by Gasteiger charge is 2.47. The van der Waals surface area contributed by atoms with Crippen molar-refractivity contribution in [2.45, 2.75) is 70.7 Å². The van der Waals surface area contributed by atoms with Crippen molar-refractivity contribution in [3.63, 3.8) is 0 Å². The van der Waals surface area contributed by atoms with Crippen LogP contribution in [0.15, 0.2) is 6.33 Å². The van der Waals surface area contributed by atoms with Crippen molar-refractivity contribution in [2.75, 3.05) is 25.4 Å². The Morgan fingerprint density at radius 1 is 1.27 bits per heavy atom. The number of hydrogen-bond acceptors (Lipinski definition) is 10. The molecule has 0 aliphatic carbocycles. The van der Waals surface area contributed by atoms with E-state index in [1.54, 1.807) is 11.8 Å². The van der Waals surface area contributed by atoms with Gasteiger partial charge < -0.3 is 35.6 Å². The second-order valence-corrected chi connectivity index (χ2v) is 9.45. The molecule has 0 aromatic carbocycles. The average molecular weight is 516 g/mol. The number of anilines is 1. The number of imidazole rings is 1. The van der Waals surface area contributed by atoms with Gasteiger partial charge in [0.2, 0.25) is 5.82 Å². The summed E-state index contributed by atoms with van der Waals surface area (Å²) >= 11 is 0. The van der Waals surface area contributed by atoms with Crippen LogP contribution in [0, 0.1) is 17.8 Å². The standard InChI is InChI=1S/C24H33N7O6/c1-4-26-22(34)19-17(32)18(33)23(37-19)31-12-27-16-20(25)28-15(29-21(16)31)7-5-6-14-8-10-30(11-9-14)24(35)36-13(2)3/h12-14,17-19,23,32-33H,4,6,8-11H2,1-3H3,(H,26,34)(H2,25,28,29)/t17?,18?,19?,23-/m0/s1. The molecular formula is C24H33N7O6. The van der Waals surface area contributed by atoms with E-state index >= 15 is 0 Å². The van der Waals surface area contributed by atoms with Crippen LogP contribution >= 0.6 is 0 Å². The number of aliphatic hydroxyl groups excluding tert-OH is 2. The number of aliphatic hydroxyl groups is 2. The first-order valence-electron chi connectivity index (χ1n) is 12.4. The fourth-order valence-corrected chi connectivity index (χ4v) is 4.43. The lowest BCUT2D eigenvalue weighted by molar-refractivity contribution is -0.137. The highest BCUT2D eigenvalue weighted by molar-refractivity contribution is 5.83. The van der Waals surface area contributed by atoms with E-state index in [4.69, 9.17) is 15.2 Å². The summed E-state index contributed by atoms with van der Waals surface area (Å²) in [6.07, 6.45) is -1.97. The van der Waals surface area contributed by atoms with E-state index in [9.17, 15) is 19.8 Å². The van der Waals surface area contributed by atoms with Crippen molar-refractivity contribution in [2.24, 2.45) is 5.92 Å². The summed E-state index contributed by atoms with van der Waals surface area (Å²) in [5.41, 5.74) is 6.63. The van der Waals surface area contributed by atoms with Crippen LogP contribution in [-0.2, 0) is 14.3 Å². The predicted molar refractivity (Wildman–Crippen MR) is 132 cm³/mol. The number of nitrogens with two attached hydrogens (primary N) is 1. The topological polar surface area (TPSA) is 178 Å². The number of fused-ring (bicyclic) bond motifs is 1. The summed E-state index contributed by atoms with van der Waals surface area (Å²) in [6, 6.07) is 0. The molecule has 200 valence electrons. The Kier molecular flexibility index (Phi) is 8.11. The molecule has 2 fully saturated rings. The van der Waals surface area contributed by atoms with Crippen molar-refractivity contribution in [1.29, 1.82) is 0 Å². The van der Waals surface area contributed by atoms with Gasteiger partial charge in [-0.1, -0.05) is 5.92 Å².